The molecule has 0 radical (unpaired) electrons. The van der Waals surface area contributed by atoms with Crippen molar-refractivity contribution < 1.29 is 18.3 Å². The number of ketones is 1. The van der Waals surface area contributed by atoms with E-state index in [9.17, 15) is 13.6 Å². The van der Waals surface area contributed by atoms with E-state index in [1.54, 1.807) is 24.3 Å². The Hall–Kier alpha value is -2.11. The number of fused-ring (bicyclic) bond motifs is 2. The van der Waals surface area contributed by atoms with Crippen LogP contribution >= 0.6 is 0 Å². The van der Waals surface area contributed by atoms with Gasteiger partial charge in [0.15, 0.2) is 0 Å². The number of carbonyl (C=O) groups excluding carboxylic acids is 1. The first-order valence-electron chi connectivity index (χ1n) is 10.4. The third kappa shape index (κ3) is 3.99. The zero-order chi connectivity index (χ0) is 20.5. The minimum absolute atomic E-state index is 0.174. The van der Waals surface area contributed by atoms with Crippen LogP contribution in [0.2, 0.25) is 0 Å². The molecule has 0 aromatic heterocycles. The summed E-state index contributed by atoms with van der Waals surface area (Å²) in [6, 6.07) is 13.0. The van der Waals surface area contributed by atoms with Gasteiger partial charge in [0.2, 0.25) is 0 Å². The second-order valence-electron chi connectivity index (χ2n) is 8.20. The molecule has 0 amide bonds. The maximum absolute atomic E-state index is 13.5. The van der Waals surface area contributed by atoms with Gasteiger partial charge in [-0.15, -0.1) is 0 Å². The molecular formula is C24H27F2NO2. The summed E-state index contributed by atoms with van der Waals surface area (Å²) < 4.78 is 33.6. The molecule has 0 aliphatic carbocycles. The number of hydrogen-bond acceptors (Lipinski definition) is 3. The summed E-state index contributed by atoms with van der Waals surface area (Å²) in [6.45, 7) is 1.90. The number of ether oxygens (including phenoxy) is 1. The van der Waals surface area contributed by atoms with Gasteiger partial charge in [-0.1, -0.05) is 31.2 Å². The number of carbonyl (C=O) groups is 1. The average molecular weight is 399 g/mol. The van der Waals surface area contributed by atoms with E-state index >= 15 is 0 Å². The van der Waals surface area contributed by atoms with Crippen LogP contribution in [-0.2, 0) is 9.53 Å². The molecule has 2 aromatic rings. The van der Waals surface area contributed by atoms with E-state index < -0.39 is 6.10 Å². The second kappa shape index (κ2) is 8.33. The van der Waals surface area contributed by atoms with E-state index in [2.05, 4.69) is 11.9 Å². The Morgan fingerprint density at radius 2 is 1.59 bits per heavy atom. The molecule has 2 aromatic carbocycles. The molecule has 2 heterocycles. The first-order chi connectivity index (χ1) is 14.0. The molecule has 1 unspecified atom stereocenters. The fraction of sp³-hybridized carbons (Fsp3) is 0.458. The highest BCUT2D eigenvalue weighted by Gasteiger charge is 2.49. The van der Waals surface area contributed by atoms with Crippen LogP contribution in [0, 0.1) is 17.6 Å². The molecule has 0 N–H and O–H groups in total. The number of piperidine rings is 1. The molecule has 4 atom stereocenters. The number of nitrogens with zero attached hydrogens (tertiary/aromatic N) is 1. The Bertz CT molecular complexity index is 807. The molecule has 0 spiro atoms. The van der Waals surface area contributed by atoms with Gasteiger partial charge in [-0.3, -0.25) is 9.69 Å². The van der Waals surface area contributed by atoms with Crippen LogP contribution in [0.4, 0.5) is 8.78 Å². The minimum Gasteiger partial charge on any atom is -0.365 e. The molecule has 2 bridgehead atoms. The summed E-state index contributed by atoms with van der Waals surface area (Å²) in [5.74, 6) is -0.581. The van der Waals surface area contributed by atoms with Gasteiger partial charge in [0.1, 0.15) is 23.5 Å². The van der Waals surface area contributed by atoms with Crippen LogP contribution in [-0.4, -0.2) is 35.9 Å². The normalized spacial score (nSPS) is 26.8. The fourth-order valence-corrected chi connectivity index (χ4v) is 5.02. The van der Waals surface area contributed by atoms with Crippen LogP contribution in [0.3, 0.4) is 0 Å². The van der Waals surface area contributed by atoms with E-state index in [-0.39, 0.29) is 35.5 Å². The summed E-state index contributed by atoms with van der Waals surface area (Å²) in [4.78, 5) is 15.2. The van der Waals surface area contributed by atoms with Gasteiger partial charge < -0.3 is 4.74 Å². The van der Waals surface area contributed by atoms with E-state index in [1.807, 2.05) is 6.92 Å². The third-order valence-electron chi connectivity index (χ3n) is 6.59. The zero-order valence-electron chi connectivity index (χ0n) is 16.9. The van der Waals surface area contributed by atoms with Gasteiger partial charge in [0, 0.05) is 18.5 Å². The van der Waals surface area contributed by atoms with Crippen LogP contribution in [0.5, 0.6) is 0 Å². The largest absolute Gasteiger partial charge is 0.365 e. The van der Waals surface area contributed by atoms with Crippen molar-refractivity contribution in [1.29, 1.82) is 0 Å². The van der Waals surface area contributed by atoms with Crippen LogP contribution in [0.25, 0.3) is 0 Å². The lowest BCUT2D eigenvalue weighted by Crippen LogP contribution is -2.53. The lowest BCUT2D eigenvalue weighted by Gasteiger charge is -2.43. The molecule has 154 valence electrons. The second-order valence-corrected chi connectivity index (χ2v) is 8.20. The standard InChI is InChI=1S/C24H27F2NO2/c1-3-21(28)23-20-13-12-19(27(20)2)14-22(23)29-24(15-4-8-17(25)9-5-15)16-6-10-18(26)11-7-16/h4-11,19-20,22-24H,3,12-14H2,1-2H3/t19?,20-,22+,23-/m0/s1. The Kier molecular flexibility index (Phi) is 5.79. The van der Waals surface area contributed by atoms with Crippen molar-refractivity contribution in [2.24, 2.45) is 5.92 Å². The van der Waals surface area contributed by atoms with Crippen molar-refractivity contribution in [2.45, 2.75) is 56.9 Å². The molecular weight excluding hydrogens is 372 g/mol. The Morgan fingerprint density at radius 3 is 2.10 bits per heavy atom. The van der Waals surface area contributed by atoms with Crippen LogP contribution in [0.1, 0.15) is 49.8 Å². The average Bonchev–Trinajstić information content (AvgIpc) is 2.96. The number of rotatable bonds is 6. The highest BCUT2D eigenvalue weighted by Crippen LogP contribution is 2.42. The maximum Gasteiger partial charge on any atom is 0.139 e. The summed E-state index contributed by atoms with van der Waals surface area (Å²) in [5.41, 5.74) is 1.60. The summed E-state index contributed by atoms with van der Waals surface area (Å²) in [6.07, 6.45) is 2.67. The van der Waals surface area contributed by atoms with Gasteiger partial charge in [-0.05, 0) is 61.7 Å². The van der Waals surface area contributed by atoms with Gasteiger partial charge in [-0.2, -0.15) is 0 Å². The molecule has 4 rings (SSSR count). The zero-order valence-corrected chi connectivity index (χ0v) is 16.9. The van der Waals surface area contributed by atoms with E-state index in [1.165, 1.54) is 24.3 Å². The summed E-state index contributed by atoms with van der Waals surface area (Å²) in [5, 5.41) is 0. The monoisotopic (exact) mass is 399 g/mol. The van der Waals surface area contributed by atoms with Gasteiger partial charge in [0.25, 0.3) is 0 Å². The molecule has 2 fully saturated rings. The first kappa shape index (κ1) is 20.2. The number of Topliss-reactive ketones (excluding diaryl/α,β-unsaturated/α-hetero) is 1. The molecule has 0 saturated carbocycles. The SMILES string of the molecule is CCC(=O)[C@H]1[C@H](OC(c2ccc(F)cc2)c2ccc(F)cc2)CC2CC[C@@H]1N2C. The molecule has 29 heavy (non-hydrogen) atoms. The highest BCUT2D eigenvalue weighted by atomic mass is 19.1. The van der Waals surface area contributed by atoms with E-state index in [4.69, 9.17) is 4.74 Å². The quantitative estimate of drug-likeness (QED) is 0.692. The first-order valence-corrected chi connectivity index (χ1v) is 10.4. The number of halogens is 2. The van der Waals surface area contributed by atoms with Crippen molar-refractivity contribution in [3.05, 3.63) is 71.3 Å². The summed E-state index contributed by atoms with van der Waals surface area (Å²) in [7, 11) is 2.10. The van der Waals surface area contributed by atoms with Gasteiger partial charge in [0.05, 0.1) is 12.0 Å². The molecule has 5 heteroatoms. The fourth-order valence-electron chi connectivity index (χ4n) is 5.02. The number of benzene rings is 2. The van der Waals surface area contributed by atoms with Crippen molar-refractivity contribution in [1.82, 2.24) is 4.90 Å². The predicted molar refractivity (Wildman–Crippen MR) is 107 cm³/mol. The van der Waals surface area contributed by atoms with Gasteiger partial charge in [-0.25, -0.2) is 8.78 Å². The van der Waals surface area contributed by atoms with E-state index in [0.29, 0.717) is 12.5 Å². The third-order valence-corrected chi connectivity index (χ3v) is 6.59. The molecule has 3 nitrogen and oxygen atoms in total. The Labute approximate surface area is 170 Å². The van der Waals surface area contributed by atoms with Crippen molar-refractivity contribution in [2.75, 3.05) is 7.05 Å². The molecule has 2 aliphatic rings. The lowest BCUT2D eigenvalue weighted by atomic mass is 9.83. The smallest absolute Gasteiger partial charge is 0.139 e. The number of hydrogen-bond donors (Lipinski definition) is 0. The topological polar surface area (TPSA) is 29.5 Å². The Morgan fingerprint density at radius 1 is 1.03 bits per heavy atom. The van der Waals surface area contributed by atoms with E-state index in [0.717, 1.165) is 30.4 Å². The highest BCUT2D eigenvalue weighted by molar-refractivity contribution is 5.82. The maximum atomic E-state index is 13.5. The van der Waals surface area contributed by atoms with Crippen molar-refractivity contribution in [3.8, 4) is 0 Å². The van der Waals surface area contributed by atoms with Crippen LogP contribution < -0.4 is 0 Å². The van der Waals surface area contributed by atoms with Crippen LogP contribution in [0.15, 0.2) is 48.5 Å². The molecule has 2 aliphatic heterocycles. The molecule has 2 saturated heterocycles. The van der Waals surface area contributed by atoms with Gasteiger partial charge >= 0.3 is 0 Å². The minimum atomic E-state index is -0.476. The summed E-state index contributed by atoms with van der Waals surface area (Å²) >= 11 is 0. The van der Waals surface area contributed by atoms with Crippen molar-refractivity contribution >= 4 is 5.78 Å². The Balaban J connectivity index is 1.68. The predicted octanol–water partition coefficient (Wildman–Crippen LogP) is 4.90. The van der Waals surface area contributed by atoms with Crippen molar-refractivity contribution in [3.63, 3.8) is 0 Å². The lowest BCUT2D eigenvalue weighted by molar-refractivity contribution is -0.139.